The summed E-state index contributed by atoms with van der Waals surface area (Å²) in [6.45, 7) is 1.15. The Labute approximate surface area is 106 Å². The van der Waals surface area contributed by atoms with Crippen molar-refractivity contribution in [3.8, 4) is 0 Å². The lowest BCUT2D eigenvalue weighted by atomic mass is 9.92. The Kier molecular flexibility index (Phi) is 2.27. The van der Waals surface area contributed by atoms with E-state index in [0.29, 0.717) is 6.04 Å². The summed E-state index contributed by atoms with van der Waals surface area (Å²) in [5.41, 5.74) is 3.19. The van der Waals surface area contributed by atoms with Gasteiger partial charge in [0.05, 0.1) is 0 Å². The molecule has 18 heavy (non-hydrogen) atoms. The van der Waals surface area contributed by atoms with Gasteiger partial charge >= 0.3 is 0 Å². The van der Waals surface area contributed by atoms with Gasteiger partial charge in [-0.1, -0.05) is 6.08 Å². The van der Waals surface area contributed by atoms with Crippen LogP contribution in [0.4, 0.5) is 0 Å². The summed E-state index contributed by atoms with van der Waals surface area (Å²) in [5, 5.41) is 3.58. The van der Waals surface area contributed by atoms with E-state index in [1.807, 2.05) is 18.3 Å². The summed E-state index contributed by atoms with van der Waals surface area (Å²) in [4.78, 5) is 4.33. The van der Waals surface area contributed by atoms with E-state index in [-0.39, 0.29) is 0 Å². The molecule has 0 aromatic carbocycles. The van der Waals surface area contributed by atoms with Crippen molar-refractivity contribution in [3.05, 3.63) is 36.2 Å². The van der Waals surface area contributed by atoms with E-state index in [9.17, 15) is 0 Å². The van der Waals surface area contributed by atoms with E-state index in [1.54, 1.807) is 0 Å². The molecule has 2 aromatic heterocycles. The Morgan fingerprint density at radius 1 is 1.39 bits per heavy atom. The summed E-state index contributed by atoms with van der Waals surface area (Å²) < 4.78 is 5.90. The molecule has 0 amide bonds. The van der Waals surface area contributed by atoms with Crippen LogP contribution in [-0.4, -0.2) is 17.6 Å². The third kappa shape index (κ3) is 1.58. The second kappa shape index (κ2) is 3.95. The number of allylic oxidation sites excluding steroid dienone is 1. The molecule has 2 aliphatic rings. The molecule has 2 atom stereocenters. The molecule has 92 valence electrons. The Morgan fingerprint density at radius 2 is 2.39 bits per heavy atom. The molecule has 0 radical (unpaired) electrons. The third-order valence-corrected chi connectivity index (χ3v) is 4.11. The number of nitrogens with zero attached hydrogens (tertiary/aromatic N) is 1. The molecule has 0 spiro atoms. The molecule has 0 saturated carbocycles. The second-order valence-corrected chi connectivity index (χ2v) is 5.28. The van der Waals surface area contributed by atoms with Crippen LogP contribution >= 0.6 is 0 Å². The minimum Gasteiger partial charge on any atom is -0.455 e. The first-order chi connectivity index (χ1) is 8.90. The number of aromatic nitrogens is 1. The summed E-state index contributed by atoms with van der Waals surface area (Å²) >= 11 is 0. The van der Waals surface area contributed by atoms with Gasteiger partial charge in [0.1, 0.15) is 11.3 Å². The van der Waals surface area contributed by atoms with Crippen molar-refractivity contribution in [3.63, 3.8) is 0 Å². The van der Waals surface area contributed by atoms with Crippen LogP contribution in [-0.2, 0) is 0 Å². The van der Waals surface area contributed by atoms with Crippen molar-refractivity contribution < 1.29 is 4.42 Å². The second-order valence-electron chi connectivity index (χ2n) is 5.28. The van der Waals surface area contributed by atoms with E-state index < -0.39 is 0 Å². The minimum atomic E-state index is 0.551. The third-order valence-electron chi connectivity index (χ3n) is 4.11. The molecule has 2 aromatic rings. The maximum absolute atomic E-state index is 5.90. The van der Waals surface area contributed by atoms with Crippen LogP contribution in [0.5, 0.6) is 0 Å². The predicted molar refractivity (Wildman–Crippen MR) is 71.1 cm³/mol. The first kappa shape index (κ1) is 10.3. The van der Waals surface area contributed by atoms with Gasteiger partial charge in [-0.05, 0) is 49.4 Å². The number of rotatable bonds is 1. The Bertz CT molecular complexity index is 581. The monoisotopic (exact) mass is 240 g/mol. The molecule has 4 rings (SSSR count). The fourth-order valence-electron chi connectivity index (χ4n) is 3.18. The Hall–Kier alpha value is -1.61. The first-order valence-corrected chi connectivity index (χ1v) is 6.69. The number of nitrogens with one attached hydrogen (secondary N) is 1. The molecule has 1 saturated heterocycles. The van der Waals surface area contributed by atoms with Crippen LogP contribution < -0.4 is 5.32 Å². The fourth-order valence-corrected chi connectivity index (χ4v) is 3.18. The van der Waals surface area contributed by atoms with Crippen molar-refractivity contribution in [2.75, 3.05) is 6.54 Å². The highest BCUT2D eigenvalue weighted by Crippen LogP contribution is 2.38. The molecule has 3 heterocycles. The maximum Gasteiger partial charge on any atom is 0.153 e. The number of furan rings is 1. The number of hydrogen-bond donors (Lipinski definition) is 1. The smallest absolute Gasteiger partial charge is 0.153 e. The molecule has 2 unspecified atom stereocenters. The van der Waals surface area contributed by atoms with Crippen LogP contribution in [0.1, 0.15) is 25.0 Å². The summed E-state index contributed by atoms with van der Waals surface area (Å²) in [5.74, 6) is 1.76. The SMILES string of the molecule is C1=C(c2cc3ncccc3o2)CC2CCCNC12. The van der Waals surface area contributed by atoms with Gasteiger partial charge in [-0.2, -0.15) is 0 Å². The van der Waals surface area contributed by atoms with Crippen molar-refractivity contribution in [1.82, 2.24) is 10.3 Å². The minimum absolute atomic E-state index is 0.551. The van der Waals surface area contributed by atoms with E-state index in [2.05, 4.69) is 22.4 Å². The van der Waals surface area contributed by atoms with Gasteiger partial charge in [0, 0.05) is 18.3 Å². The quantitative estimate of drug-likeness (QED) is 0.832. The number of piperidine rings is 1. The van der Waals surface area contributed by atoms with Crippen LogP contribution in [0.25, 0.3) is 16.7 Å². The van der Waals surface area contributed by atoms with Gasteiger partial charge in [0.2, 0.25) is 0 Å². The van der Waals surface area contributed by atoms with E-state index in [1.165, 1.54) is 18.4 Å². The van der Waals surface area contributed by atoms with Crippen molar-refractivity contribution in [1.29, 1.82) is 0 Å². The zero-order chi connectivity index (χ0) is 11.9. The van der Waals surface area contributed by atoms with Gasteiger partial charge in [0.25, 0.3) is 0 Å². The lowest BCUT2D eigenvalue weighted by Gasteiger charge is -2.25. The highest BCUT2D eigenvalue weighted by atomic mass is 16.3. The summed E-state index contributed by atoms with van der Waals surface area (Å²) in [7, 11) is 0. The molecule has 1 N–H and O–H groups in total. The van der Waals surface area contributed by atoms with E-state index >= 15 is 0 Å². The van der Waals surface area contributed by atoms with Crippen molar-refractivity contribution >= 4 is 16.7 Å². The first-order valence-electron chi connectivity index (χ1n) is 6.69. The average molecular weight is 240 g/mol. The largest absolute Gasteiger partial charge is 0.455 e. The average Bonchev–Trinajstić information content (AvgIpc) is 3.02. The zero-order valence-corrected chi connectivity index (χ0v) is 10.2. The molecule has 1 aliphatic carbocycles. The standard InChI is InChI=1S/C15H16N2O/c1-3-10-7-11(8-12(10)16-5-1)15-9-13-14(18-15)4-2-6-17-13/h2,4,6,8-10,12,16H,1,3,5,7H2. The Morgan fingerprint density at radius 3 is 3.28 bits per heavy atom. The van der Waals surface area contributed by atoms with Gasteiger partial charge in [-0.25, -0.2) is 0 Å². The Balaban J connectivity index is 1.70. The van der Waals surface area contributed by atoms with Crippen molar-refractivity contribution in [2.24, 2.45) is 5.92 Å². The lowest BCUT2D eigenvalue weighted by molar-refractivity contribution is 0.341. The normalized spacial score (nSPS) is 27.2. The lowest BCUT2D eigenvalue weighted by Crippen LogP contribution is -2.37. The summed E-state index contributed by atoms with van der Waals surface area (Å²) in [6, 6.07) is 6.51. The van der Waals surface area contributed by atoms with Crippen LogP contribution in [0.3, 0.4) is 0 Å². The number of fused-ring (bicyclic) bond motifs is 2. The van der Waals surface area contributed by atoms with E-state index in [0.717, 1.165) is 35.7 Å². The number of hydrogen-bond acceptors (Lipinski definition) is 3. The van der Waals surface area contributed by atoms with Crippen LogP contribution in [0, 0.1) is 5.92 Å². The summed E-state index contributed by atoms with van der Waals surface area (Å²) in [6.07, 6.45) is 7.92. The van der Waals surface area contributed by atoms with E-state index in [4.69, 9.17) is 4.42 Å². The van der Waals surface area contributed by atoms with Crippen LogP contribution in [0.15, 0.2) is 34.9 Å². The molecule has 3 nitrogen and oxygen atoms in total. The van der Waals surface area contributed by atoms with Gasteiger partial charge in [-0.15, -0.1) is 0 Å². The predicted octanol–water partition coefficient (Wildman–Crippen LogP) is 2.98. The van der Waals surface area contributed by atoms with Gasteiger partial charge in [0.15, 0.2) is 5.58 Å². The van der Waals surface area contributed by atoms with Gasteiger partial charge < -0.3 is 9.73 Å². The zero-order valence-electron chi connectivity index (χ0n) is 10.2. The topological polar surface area (TPSA) is 38.1 Å². The van der Waals surface area contributed by atoms with Crippen molar-refractivity contribution in [2.45, 2.75) is 25.3 Å². The molecule has 1 aliphatic heterocycles. The molecule has 0 bridgehead atoms. The molecule has 1 fully saturated rings. The van der Waals surface area contributed by atoms with Crippen LogP contribution in [0.2, 0.25) is 0 Å². The highest BCUT2D eigenvalue weighted by Gasteiger charge is 2.31. The maximum atomic E-state index is 5.90. The highest BCUT2D eigenvalue weighted by molar-refractivity contribution is 5.79. The number of pyridine rings is 1. The molecule has 3 heteroatoms. The fraction of sp³-hybridized carbons (Fsp3) is 0.400. The molecular weight excluding hydrogens is 224 g/mol. The molecular formula is C15H16N2O. The van der Waals surface area contributed by atoms with Gasteiger partial charge in [-0.3, -0.25) is 4.98 Å².